The van der Waals surface area contributed by atoms with E-state index in [2.05, 4.69) is 26.5 Å². The maximum atomic E-state index is 10.0. The molecule has 0 saturated carbocycles. The lowest BCUT2D eigenvalue weighted by molar-refractivity contribution is 0.420. The first-order chi connectivity index (χ1) is 11.3. The summed E-state index contributed by atoms with van der Waals surface area (Å²) < 4.78 is 0. The van der Waals surface area contributed by atoms with Gasteiger partial charge >= 0.3 is 0 Å². The molecule has 5 nitrogen and oxygen atoms in total. The molecule has 0 amide bonds. The molecule has 2 N–H and O–H groups in total. The van der Waals surface area contributed by atoms with Gasteiger partial charge in [0.15, 0.2) is 5.82 Å². The van der Waals surface area contributed by atoms with Crippen LogP contribution in [0, 0.1) is 0 Å². The first-order valence-electron chi connectivity index (χ1n) is 8.45. The Balaban J connectivity index is 1.67. The third kappa shape index (κ3) is 2.77. The van der Waals surface area contributed by atoms with Crippen molar-refractivity contribution in [1.29, 1.82) is 0 Å². The van der Waals surface area contributed by atoms with Crippen molar-refractivity contribution in [2.75, 3.05) is 24.5 Å². The average molecular weight is 310 g/mol. The zero-order valence-electron chi connectivity index (χ0n) is 13.2. The molecule has 1 aromatic heterocycles. The van der Waals surface area contributed by atoms with Crippen molar-refractivity contribution in [2.24, 2.45) is 0 Å². The molecule has 2 aliphatic heterocycles. The second-order valence-electron chi connectivity index (χ2n) is 6.39. The van der Waals surface area contributed by atoms with Crippen LogP contribution >= 0.6 is 0 Å². The fourth-order valence-electron chi connectivity index (χ4n) is 3.67. The largest absolute Gasteiger partial charge is 0.507 e. The highest BCUT2D eigenvalue weighted by molar-refractivity contribution is 5.68. The zero-order valence-corrected chi connectivity index (χ0v) is 13.2. The molecule has 0 spiro atoms. The highest BCUT2D eigenvalue weighted by Crippen LogP contribution is 2.33. The van der Waals surface area contributed by atoms with Crippen LogP contribution in [-0.4, -0.2) is 41.0 Å². The number of hydrogen-bond donors (Lipinski definition) is 2. The lowest BCUT2D eigenvalue weighted by Gasteiger charge is -2.38. The second-order valence-corrected chi connectivity index (χ2v) is 6.39. The number of rotatable bonds is 2. The van der Waals surface area contributed by atoms with Crippen LogP contribution in [0.25, 0.3) is 11.3 Å². The van der Waals surface area contributed by atoms with Crippen molar-refractivity contribution >= 4 is 5.82 Å². The summed E-state index contributed by atoms with van der Waals surface area (Å²) in [6.07, 6.45) is 4.62. The molecule has 1 atom stereocenters. The van der Waals surface area contributed by atoms with Crippen LogP contribution in [0.5, 0.6) is 5.75 Å². The number of nitrogens with zero attached hydrogens (tertiary/aromatic N) is 3. The van der Waals surface area contributed by atoms with Gasteiger partial charge in [-0.05, 0) is 56.0 Å². The van der Waals surface area contributed by atoms with Gasteiger partial charge in [0.05, 0.1) is 5.69 Å². The quantitative estimate of drug-likeness (QED) is 0.891. The van der Waals surface area contributed by atoms with E-state index in [9.17, 15) is 5.11 Å². The maximum Gasteiger partial charge on any atom is 0.154 e. The molecule has 2 aromatic rings. The molecule has 0 unspecified atom stereocenters. The Morgan fingerprint density at radius 2 is 2.09 bits per heavy atom. The minimum Gasteiger partial charge on any atom is -0.507 e. The van der Waals surface area contributed by atoms with Crippen LogP contribution in [0.15, 0.2) is 30.3 Å². The molecule has 4 rings (SSSR count). The van der Waals surface area contributed by atoms with Gasteiger partial charge in [-0.2, -0.15) is 0 Å². The van der Waals surface area contributed by atoms with E-state index >= 15 is 0 Å². The number of hydrogen-bond acceptors (Lipinski definition) is 5. The van der Waals surface area contributed by atoms with Crippen molar-refractivity contribution < 1.29 is 5.11 Å². The number of anilines is 1. The number of phenolic OH excluding ortho intramolecular Hbond substituents is 1. The Hall–Kier alpha value is -2.14. The van der Waals surface area contributed by atoms with Gasteiger partial charge in [0.1, 0.15) is 5.75 Å². The lowest BCUT2D eigenvalue weighted by atomic mass is 9.99. The third-order valence-corrected chi connectivity index (χ3v) is 4.86. The van der Waals surface area contributed by atoms with Crippen molar-refractivity contribution in [3.05, 3.63) is 35.9 Å². The monoisotopic (exact) mass is 310 g/mol. The van der Waals surface area contributed by atoms with E-state index in [1.807, 2.05) is 18.2 Å². The zero-order chi connectivity index (χ0) is 15.6. The average Bonchev–Trinajstić information content (AvgIpc) is 2.62. The van der Waals surface area contributed by atoms with E-state index in [4.69, 9.17) is 0 Å². The Morgan fingerprint density at radius 1 is 1.17 bits per heavy atom. The van der Waals surface area contributed by atoms with Crippen LogP contribution in [0.3, 0.4) is 0 Å². The number of para-hydroxylation sites is 1. The molecule has 3 heterocycles. The molecule has 5 heteroatoms. The van der Waals surface area contributed by atoms with Crippen LogP contribution in [-0.2, 0) is 6.42 Å². The van der Waals surface area contributed by atoms with Crippen molar-refractivity contribution in [3.8, 4) is 17.0 Å². The Kier molecular flexibility index (Phi) is 3.87. The van der Waals surface area contributed by atoms with Crippen molar-refractivity contribution in [3.63, 3.8) is 0 Å². The Bertz CT molecular complexity index is 697. The molecule has 2 aliphatic rings. The van der Waals surface area contributed by atoms with E-state index in [0.717, 1.165) is 49.6 Å². The summed E-state index contributed by atoms with van der Waals surface area (Å²) in [6.45, 7) is 3.21. The summed E-state index contributed by atoms with van der Waals surface area (Å²) in [5, 5.41) is 22.4. The van der Waals surface area contributed by atoms with E-state index in [1.165, 1.54) is 18.4 Å². The minimum absolute atomic E-state index is 0.255. The van der Waals surface area contributed by atoms with Crippen LogP contribution in [0.2, 0.25) is 0 Å². The van der Waals surface area contributed by atoms with Crippen LogP contribution in [0.4, 0.5) is 5.82 Å². The molecule has 1 fully saturated rings. The van der Waals surface area contributed by atoms with E-state index in [0.29, 0.717) is 6.04 Å². The van der Waals surface area contributed by atoms with E-state index in [-0.39, 0.29) is 5.75 Å². The Morgan fingerprint density at radius 3 is 2.91 bits per heavy atom. The molecule has 0 radical (unpaired) electrons. The standard InChI is InChI=1S/C18H22N4O/c23-17-8-2-1-7-15(17)16-11-13-5-4-10-22(18(13)21-20-16)14-6-3-9-19-12-14/h1-2,7-8,11,14,19,23H,3-6,9-10,12H2/t14-/m1/s1. The number of fused-ring (bicyclic) bond motifs is 1. The number of aromatic nitrogens is 2. The van der Waals surface area contributed by atoms with Crippen molar-refractivity contribution in [1.82, 2.24) is 15.5 Å². The van der Waals surface area contributed by atoms with Gasteiger partial charge in [-0.3, -0.25) is 0 Å². The number of benzene rings is 1. The highest BCUT2D eigenvalue weighted by atomic mass is 16.3. The number of aryl methyl sites for hydroxylation is 1. The molecule has 0 bridgehead atoms. The topological polar surface area (TPSA) is 61.3 Å². The molecule has 23 heavy (non-hydrogen) atoms. The van der Waals surface area contributed by atoms with Gasteiger partial charge in [-0.25, -0.2) is 0 Å². The number of aromatic hydroxyl groups is 1. The molecule has 1 saturated heterocycles. The highest BCUT2D eigenvalue weighted by Gasteiger charge is 2.27. The predicted molar refractivity (Wildman–Crippen MR) is 90.7 cm³/mol. The normalized spacial score (nSPS) is 21.0. The predicted octanol–water partition coefficient (Wildman–Crippen LogP) is 2.35. The molecule has 120 valence electrons. The van der Waals surface area contributed by atoms with Crippen LogP contribution < -0.4 is 10.2 Å². The number of nitrogens with one attached hydrogen (secondary N) is 1. The summed E-state index contributed by atoms with van der Waals surface area (Å²) in [7, 11) is 0. The third-order valence-electron chi connectivity index (χ3n) is 4.86. The molecule has 0 aliphatic carbocycles. The second kappa shape index (κ2) is 6.16. The fourth-order valence-corrected chi connectivity index (χ4v) is 3.67. The molecular formula is C18H22N4O. The fraction of sp³-hybridized carbons (Fsp3) is 0.444. The van der Waals surface area contributed by atoms with E-state index < -0.39 is 0 Å². The van der Waals surface area contributed by atoms with Gasteiger partial charge in [-0.15, -0.1) is 10.2 Å². The van der Waals surface area contributed by atoms with Crippen molar-refractivity contribution in [2.45, 2.75) is 31.7 Å². The van der Waals surface area contributed by atoms with E-state index in [1.54, 1.807) is 6.07 Å². The smallest absolute Gasteiger partial charge is 0.154 e. The summed E-state index contributed by atoms with van der Waals surface area (Å²) >= 11 is 0. The first kappa shape index (κ1) is 14.5. The summed E-state index contributed by atoms with van der Waals surface area (Å²) in [6, 6.07) is 9.93. The minimum atomic E-state index is 0.255. The lowest BCUT2D eigenvalue weighted by Crippen LogP contribution is -2.48. The summed E-state index contributed by atoms with van der Waals surface area (Å²) in [5.74, 6) is 1.29. The Labute approximate surface area is 136 Å². The maximum absolute atomic E-state index is 10.0. The van der Waals surface area contributed by atoms with Gasteiger partial charge in [0.2, 0.25) is 0 Å². The van der Waals surface area contributed by atoms with Gasteiger partial charge in [0.25, 0.3) is 0 Å². The molecular weight excluding hydrogens is 288 g/mol. The number of piperidine rings is 1. The SMILES string of the molecule is Oc1ccccc1-c1cc2c(nn1)N([C@@H]1CCCNC1)CCC2. The first-order valence-corrected chi connectivity index (χ1v) is 8.45. The van der Waals surface area contributed by atoms with Gasteiger partial charge < -0.3 is 15.3 Å². The summed E-state index contributed by atoms with van der Waals surface area (Å²) in [5.41, 5.74) is 2.75. The van der Waals surface area contributed by atoms with Gasteiger partial charge in [-0.1, -0.05) is 12.1 Å². The van der Waals surface area contributed by atoms with Crippen LogP contribution in [0.1, 0.15) is 24.8 Å². The summed E-state index contributed by atoms with van der Waals surface area (Å²) in [4.78, 5) is 2.42. The number of phenols is 1. The van der Waals surface area contributed by atoms with Gasteiger partial charge in [0, 0.05) is 24.7 Å². The molecule has 1 aromatic carbocycles.